The van der Waals surface area contributed by atoms with Crippen LogP contribution in [0.2, 0.25) is 0 Å². The van der Waals surface area contributed by atoms with E-state index in [4.69, 9.17) is 15.3 Å². The van der Waals surface area contributed by atoms with Crippen LogP contribution in [0.3, 0.4) is 0 Å². The zero-order chi connectivity index (χ0) is 13.2. The highest BCUT2D eigenvalue weighted by molar-refractivity contribution is 5.65. The minimum Gasteiger partial charge on any atom is -0.493 e. The second kappa shape index (κ2) is 5.27. The summed E-state index contributed by atoms with van der Waals surface area (Å²) in [5, 5.41) is 1.83. The lowest BCUT2D eigenvalue weighted by atomic mass is 10.1. The maximum Gasteiger partial charge on any atom is 0.185 e. The smallest absolute Gasteiger partial charge is 0.185 e. The van der Waals surface area contributed by atoms with Crippen LogP contribution in [0.25, 0.3) is 0 Å². The fraction of sp³-hybridized carbons (Fsp3) is 0.571. The SMILES string of the molecule is COc1cccc2c1OCC(CN1CCCC1)N2N. The summed E-state index contributed by atoms with van der Waals surface area (Å²) in [5.41, 5.74) is 0.912. The van der Waals surface area contributed by atoms with E-state index in [0.29, 0.717) is 6.61 Å². The van der Waals surface area contributed by atoms with Gasteiger partial charge in [0.25, 0.3) is 0 Å². The molecule has 0 aromatic heterocycles. The van der Waals surface area contributed by atoms with Crippen LogP contribution in [0.5, 0.6) is 11.5 Å². The number of benzene rings is 1. The molecule has 19 heavy (non-hydrogen) atoms. The number of likely N-dealkylation sites (tertiary alicyclic amines) is 1. The fourth-order valence-corrected chi connectivity index (χ4v) is 2.87. The molecule has 3 rings (SSSR count). The van der Waals surface area contributed by atoms with Crippen molar-refractivity contribution in [3.05, 3.63) is 18.2 Å². The Morgan fingerprint density at radius 2 is 2.16 bits per heavy atom. The third kappa shape index (κ3) is 2.35. The number of hydrazine groups is 1. The van der Waals surface area contributed by atoms with Gasteiger partial charge in [0.05, 0.1) is 18.8 Å². The molecule has 2 aliphatic rings. The number of nitrogens with two attached hydrogens (primary N) is 1. The minimum atomic E-state index is 0.206. The number of ether oxygens (including phenoxy) is 2. The Bertz CT molecular complexity index is 446. The standard InChI is InChI=1S/C14H21N3O2/c1-18-13-6-4-5-12-14(13)19-10-11(17(12)15)9-16-7-2-3-8-16/h4-6,11H,2-3,7-10,15H2,1H3. The molecule has 2 aliphatic heterocycles. The van der Waals surface area contributed by atoms with E-state index in [1.807, 2.05) is 23.2 Å². The van der Waals surface area contributed by atoms with Gasteiger partial charge in [-0.05, 0) is 38.1 Å². The molecular weight excluding hydrogens is 242 g/mol. The summed E-state index contributed by atoms with van der Waals surface area (Å²) in [5.74, 6) is 7.76. The van der Waals surface area contributed by atoms with Gasteiger partial charge in [-0.2, -0.15) is 0 Å². The van der Waals surface area contributed by atoms with Crippen molar-refractivity contribution in [2.75, 3.05) is 38.4 Å². The van der Waals surface area contributed by atoms with Crippen molar-refractivity contribution in [2.24, 2.45) is 5.84 Å². The van der Waals surface area contributed by atoms with Crippen molar-refractivity contribution in [2.45, 2.75) is 18.9 Å². The number of nitrogens with zero attached hydrogens (tertiary/aromatic N) is 2. The molecular formula is C14H21N3O2. The van der Waals surface area contributed by atoms with Crippen molar-refractivity contribution in [3.63, 3.8) is 0 Å². The monoisotopic (exact) mass is 263 g/mol. The number of methoxy groups -OCH3 is 1. The van der Waals surface area contributed by atoms with Gasteiger partial charge in [-0.15, -0.1) is 0 Å². The maximum absolute atomic E-state index is 6.26. The quantitative estimate of drug-likeness (QED) is 0.831. The first kappa shape index (κ1) is 12.6. The first-order valence-corrected chi connectivity index (χ1v) is 6.85. The van der Waals surface area contributed by atoms with Crippen molar-refractivity contribution in [3.8, 4) is 11.5 Å². The van der Waals surface area contributed by atoms with E-state index in [1.54, 1.807) is 7.11 Å². The molecule has 1 fully saturated rings. The molecule has 1 unspecified atom stereocenters. The summed E-state index contributed by atoms with van der Waals surface area (Å²) in [6.07, 6.45) is 2.59. The number of anilines is 1. The van der Waals surface area contributed by atoms with Gasteiger partial charge in [0.1, 0.15) is 6.61 Å². The van der Waals surface area contributed by atoms with Crippen molar-refractivity contribution < 1.29 is 9.47 Å². The van der Waals surface area contributed by atoms with Crippen LogP contribution in [0.15, 0.2) is 18.2 Å². The molecule has 0 amide bonds. The topological polar surface area (TPSA) is 51.0 Å². The van der Waals surface area contributed by atoms with Crippen molar-refractivity contribution in [1.29, 1.82) is 0 Å². The molecule has 0 bridgehead atoms. The van der Waals surface area contributed by atoms with Crippen LogP contribution < -0.4 is 20.3 Å². The Labute approximate surface area is 113 Å². The average molecular weight is 263 g/mol. The second-order valence-corrected chi connectivity index (χ2v) is 5.19. The van der Waals surface area contributed by atoms with Crippen LogP contribution in [-0.4, -0.2) is 44.3 Å². The van der Waals surface area contributed by atoms with E-state index < -0.39 is 0 Å². The first-order valence-electron chi connectivity index (χ1n) is 6.85. The molecule has 1 atom stereocenters. The fourth-order valence-electron chi connectivity index (χ4n) is 2.87. The Hall–Kier alpha value is -1.46. The Morgan fingerprint density at radius 3 is 2.89 bits per heavy atom. The number of para-hydroxylation sites is 1. The molecule has 5 heteroatoms. The number of hydrogen-bond donors (Lipinski definition) is 1. The lowest BCUT2D eigenvalue weighted by Gasteiger charge is -2.37. The van der Waals surface area contributed by atoms with Gasteiger partial charge in [0.15, 0.2) is 11.5 Å². The molecule has 2 heterocycles. The summed E-state index contributed by atoms with van der Waals surface area (Å²) >= 11 is 0. The highest BCUT2D eigenvalue weighted by Gasteiger charge is 2.29. The van der Waals surface area contributed by atoms with Crippen LogP contribution in [-0.2, 0) is 0 Å². The van der Waals surface area contributed by atoms with Gasteiger partial charge in [0, 0.05) is 6.54 Å². The Morgan fingerprint density at radius 1 is 1.37 bits per heavy atom. The number of hydrogen-bond acceptors (Lipinski definition) is 5. The summed E-state index contributed by atoms with van der Waals surface area (Å²) in [4.78, 5) is 2.46. The van der Waals surface area contributed by atoms with Crippen LogP contribution in [0.1, 0.15) is 12.8 Å². The van der Waals surface area contributed by atoms with Crippen molar-refractivity contribution >= 4 is 5.69 Å². The molecule has 1 aromatic rings. The predicted octanol–water partition coefficient (Wildman–Crippen LogP) is 1.23. The molecule has 2 N–H and O–H groups in total. The van der Waals surface area contributed by atoms with E-state index in [9.17, 15) is 0 Å². The van der Waals surface area contributed by atoms with E-state index in [-0.39, 0.29) is 6.04 Å². The lowest BCUT2D eigenvalue weighted by Crippen LogP contribution is -2.52. The van der Waals surface area contributed by atoms with Gasteiger partial charge in [-0.1, -0.05) is 6.07 Å². The van der Waals surface area contributed by atoms with E-state index >= 15 is 0 Å². The van der Waals surface area contributed by atoms with Crippen LogP contribution >= 0.6 is 0 Å². The number of rotatable bonds is 3. The highest BCUT2D eigenvalue weighted by Crippen LogP contribution is 2.39. The molecule has 1 saturated heterocycles. The van der Waals surface area contributed by atoms with E-state index in [0.717, 1.165) is 23.7 Å². The first-order chi connectivity index (χ1) is 9.29. The molecule has 0 radical (unpaired) electrons. The van der Waals surface area contributed by atoms with Crippen LogP contribution in [0.4, 0.5) is 5.69 Å². The molecule has 0 spiro atoms. The second-order valence-electron chi connectivity index (χ2n) is 5.19. The van der Waals surface area contributed by atoms with Gasteiger partial charge in [0.2, 0.25) is 0 Å². The average Bonchev–Trinajstić information content (AvgIpc) is 2.94. The zero-order valence-corrected chi connectivity index (χ0v) is 11.3. The summed E-state index contributed by atoms with van der Waals surface area (Å²) in [6, 6.07) is 6.03. The summed E-state index contributed by atoms with van der Waals surface area (Å²) < 4.78 is 11.2. The molecule has 0 saturated carbocycles. The molecule has 1 aromatic carbocycles. The summed E-state index contributed by atoms with van der Waals surface area (Å²) in [6.45, 7) is 3.93. The Kier molecular flexibility index (Phi) is 3.48. The van der Waals surface area contributed by atoms with Gasteiger partial charge in [-0.25, -0.2) is 5.84 Å². The zero-order valence-electron chi connectivity index (χ0n) is 11.3. The minimum absolute atomic E-state index is 0.206. The van der Waals surface area contributed by atoms with E-state index in [2.05, 4.69) is 4.90 Å². The highest BCUT2D eigenvalue weighted by atomic mass is 16.5. The normalized spacial score (nSPS) is 23.1. The third-order valence-corrected chi connectivity index (χ3v) is 3.94. The lowest BCUT2D eigenvalue weighted by molar-refractivity contribution is 0.209. The van der Waals surface area contributed by atoms with Gasteiger partial charge >= 0.3 is 0 Å². The van der Waals surface area contributed by atoms with Gasteiger partial charge in [-0.3, -0.25) is 5.01 Å². The van der Waals surface area contributed by atoms with Gasteiger partial charge < -0.3 is 14.4 Å². The van der Waals surface area contributed by atoms with Crippen LogP contribution in [0, 0.1) is 0 Å². The molecule has 5 nitrogen and oxygen atoms in total. The molecule has 104 valence electrons. The summed E-state index contributed by atoms with van der Waals surface area (Å²) in [7, 11) is 1.65. The third-order valence-electron chi connectivity index (χ3n) is 3.94. The number of fused-ring (bicyclic) bond motifs is 1. The van der Waals surface area contributed by atoms with E-state index in [1.165, 1.54) is 25.9 Å². The Balaban J connectivity index is 1.77. The maximum atomic E-state index is 6.26. The molecule has 0 aliphatic carbocycles. The van der Waals surface area contributed by atoms with Crippen molar-refractivity contribution in [1.82, 2.24) is 4.90 Å². The predicted molar refractivity (Wildman–Crippen MR) is 74.6 cm³/mol. The largest absolute Gasteiger partial charge is 0.493 e.